The minimum absolute atomic E-state index is 0.0640. The molecule has 1 N–H and O–H groups in total. The molecule has 162 valence electrons. The second-order valence-electron chi connectivity index (χ2n) is 8.16. The van der Waals surface area contributed by atoms with Gasteiger partial charge in [0.05, 0.1) is 0 Å². The maximum atomic E-state index is 14.4. The zero-order valence-corrected chi connectivity index (χ0v) is 17.9. The number of hydrogen-bond donors (Lipinski definition) is 1. The fraction of sp³-hybridized carbons (Fsp3) is 0.524. The Bertz CT molecular complexity index is 1030. The number of carbonyl (C=O) groups is 1. The quantitative estimate of drug-likeness (QED) is 0.797. The van der Waals surface area contributed by atoms with Gasteiger partial charge in [-0.2, -0.15) is 4.31 Å². The van der Waals surface area contributed by atoms with E-state index in [1.54, 1.807) is 32.0 Å². The Morgan fingerprint density at radius 2 is 2.03 bits per heavy atom. The van der Waals surface area contributed by atoms with Crippen molar-refractivity contribution >= 4 is 15.9 Å². The molecule has 3 atom stereocenters. The summed E-state index contributed by atoms with van der Waals surface area (Å²) in [6.07, 6.45) is 3.23. The van der Waals surface area contributed by atoms with Crippen molar-refractivity contribution in [1.29, 1.82) is 0 Å². The van der Waals surface area contributed by atoms with Crippen molar-refractivity contribution in [3.05, 3.63) is 47.1 Å². The monoisotopic (exact) mass is 435 g/mol. The molecule has 2 aliphatic heterocycles. The number of fused-ring (bicyclic) bond motifs is 1. The highest BCUT2D eigenvalue weighted by atomic mass is 32.2. The first-order valence-corrected chi connectivity index (χ1v) is 11.7. The molecule has 0 aliphatic carbocycles. The van der Waals surface area contributed by atoms with Crippen molar-refractivity contribution in [3.8, 4) is 0 Å². The summed E-state index contributed by atoms with van der Waals surface area (Å²) in [5.74, 6) is -0.193. The number of benzene rings is 1. The standard InChI is InChI=1S/C21H26FN3O4S/c1-13-21(14(2)29-24-13)30(27,28)25-16(11-15-7-3-4-8-17(15)22)12-18-19(25)9-5-6-10-20(26)23-18/h3-4,7-8,16,18-19H,5-6,9-12H2,1-2H3,(H,23,26)/t16-,18+,19-/m1/s1. The minimum atomic E-state index is -3.95. The van der Waals surface area contributed by atoms with E-state index in [1.807, 2.05) is 0 Å². The Labute approximate surface area is 175 Å². The van der Waals surface area contributed by atoms with Crippen LogP contribution in [0.2, 0.25) is 0 Å². The van der Waals surface area contributed by atoms with E-state index in [0.29, 0.717) is 36.9 Å². The molecule has 0 spiro atoms. The molecular weight excluding hydrogens is 409 g/mol. The topological polar surface area (TPSA) is 92.5 Å². The summed E-state index contributed by atoms with van der Waals surface area (Å²) in [6, 6.07) is 5.24. The number of hydrogen-bond acceptors (Lipinski definition) is 5. The summed E-state index contributed by atoms with van der Waals surface area (Å²) in [5, 5.41) is 6.83. The lowest BCUT2D eigenvalue weighted by molar-refractivity contribution is -0.122. The van der Waals surface area contributed by atoms with Gasteiger partial charge in [0.2, 0.25) is 15.9 Å². The average Bonchev–Trinajstić information content (AvgIpc) is 3.19. The van der Waals surface area contributed by atoms with E-state index in [-0.39, 0.29) is 40.9 Å². The van der Waals surface area contributed by atoms with Crippen LogP contribution in [0.3, 0.4) is 0 Å². The van der Waals surface area contributed by atoms with Gasteiger partial charge in [-0.15, -0.1) is 0 Å². The molecule has 2 fully saturated rings. The largest absolute Gasteiger partial charge is 0.360 e. The summed E-state index contributed by atoms with van der Waals surface area (Å²) in [5.41, 5.74) is 0.762. The van der Waals surface area contributed by atoms with Crippen molar-refractivity contribution in [1.82, 2.24) is 14.8 Å². The molecule has 0 unspecified atom stereocenters. The molecule has 2 aliphatic rings. The number of amides is 1. The highest BCUT2D eigenvalue weighted by Crippen LogP contribution is 2.38. The first kappa shape index (κ1) is 21.0. The molecule has 1 aromatic heterocycles. The fourth-order valence-corrected chi connectivity index (χ4v) is 7.00. The van der Waals surface area contributed by atoms with E-state index in [0.717, 1.165) is 6.42 Å². The van der Waals surface area contributed by atoms with Crippen LogP contribution in [0.4, 0.5) is 4.39 Å². The van der Waals surface area contributed by atoms with E-state index in [1.165, 1.54) is 10.4 Å². The third kappa shape index (κ3) is 3.76. The van der Waals surface area contributed by atoms with Crippen molar-refractivity contribution in [2.45, 2.75) is 75.4 Å². The van der Waals surface area contributed by atoms with E-state index in [4.69, 9.17) is 4.52 Å². The number of sulfonamides is 1. The number of halogens is 1. The van der Waals surface area contributed by atoms with E-state index >= 15 is 0 Å². The Morgan fingerprint density at radius 1 is 1.27 bits per heavy atom. The highest BCUT2D eigenvalue weighted by molar-refractivity contribution is 7.89. The van der Waals surface area contributed by atoms with Crippen molar-refractivity contribution in [2.75, 3.05) is 0 Å². The normalized spacial score (nSPS) is 25.4. The third-order valence-electron chi connectivity index (χ3n) is 6.09. The predicted octanol–water partition coefficient (Wildman–Crippen LogP) is 2.86. The molecule has 0 radical (unpaired) electrons. The summed E-state index contributed by atoms with van der Waals surface area (Å²) >= 11 is 0. The molecule has 0 bridgehead atoms. The number of nitrogens with one attached hydrogen (secondary N) is 1. The summed E-state index contributed by atoms with van der Waals surface area (Å²) in [6.45, 7) is 3.18. The molecule has 7 nitrogen and oxygen atoms in total. The number of carbonyl (C=O) groups excluding carboxylic acids is 1. The van der Waals surface area contributed by atoms with Gasteiger partial charge >= 0.3 is 0 Å². The molecule has 2 saturated heterocycles. The van der Waals surface area contributed by atoms with Crippen LogP contribution in [-0.2, 0) is 21.2 Å². The van der Waals surface area contributed by atoms with Crippen LogP contribution in [0, 0.1) is 19.7 Å². The second-order valence-corrected chi connectivity index (χ2v) is 9.94. The number of rotatable bonds is 4. The third-order valence-corrected chi connectivity index (χ3v) is 8.32. The van der Waals surface area contributed by atoms with Gasteiger partial charge < -0.3 is 9.84 Å². The van der Waals surface area contributed by atoms with Gasteiger partial charge in [-0.05, 0) is 51.2 Å². The second kappa shape index (κ2) is 8.11. The van der Waals surface area contributed by atoms with Crippen LogP contribution in [0.15, 0.2) is 33.7 Å². The minimum Gasteiger partial charge on any atom is -0.360 e. The Balaban J connectivity index is 1.77. The van der Waals surface area contributed by atoms with Gasteiger partial charge in [-0.3, -0.25) is 4.79 Å². The van der Waals surface area contributed by atoms with Crippen LogP contribution >= 0.6 is 0 Å². The maximum Gasteiger partial charge on any atom is 0.249 e. The number of aromatic nitrogens is 1. The predicted molar refractivity (Wildman–Crippen MR) is 108 cm³/mol. The average molecular weight is 436 g/mol. The number of aryl methyl sites for hydroxylation is 2. The van der Waals surface area contributed by atoms with Gasteiger partial charge in [0.25, 0.3) is 0 Å². The summed E-state index contributed by atoms with van der Waals surface area (Å²) < 4.78 is 48.5. The SMILES string of the molecule is Cc1noc(C)c1S(=O)(=O)N1[C@H](Cc2ccccc2F)C[C@@H]2NC(=O)CCCC[C@H]21. The highest BCUT2D eigenvalue weighted by Gasteiger charge is 2.49. The van der Waals surface area contributed by atoms with Gasteiger partial charge in [0, 0.05) is 24.5 Å². The fourth-order valence-electron chi connectivity index (χ4n) is 4.82. The molecule has 9 heteroatoms. The van der Waals surface area contributed by atoms with Gasteiger partial charge in [0.1, 0.15) is 16.4 Å². The van der Waals surface area contributed by atoms with Crippen LogP contribution in [0.1, 0.15) is 49.1 Å². The molecule has 2 aromatic rings. The maximum absolute atomic E-state index is 14.4. The van der Waals surface area contributed by atoms with Crippen LogP contribution in [0.5, 0.6) is 0 Å². The van der Waals surface area contributed by atoms with Crippen molar-refractivity contribution in [2.24, 2.45) is 0 Å². The molecule has 0 saturated carbocycles. The van der Waals surface area contributed by atoms with Gasteiger partial charge in [0.15, 0.2) is 5.76 Å². The first-order valence-electron chi connectivity index (χ1n) is 10.3. The lowest BCUT2D eigenvalue weighted by atomic mass is 9.97. The van der Waals surface area contributed by atoms with E-state index < -0.39 is 16.1 Å². The molecule has 30 heavy (non-hydrogen) atoms. The smallest absolute Gasteiger partial charge is 0.249 e. The number of nitrogens with zero attached hydrogens (tertiary/aromatic N) is 2. The zero-order chi connectivity index (χ0) is 21.5. The van der Waals surface area contributed by atoms with Crippen LogP contribution < -0.4 is 5.32 Å². The lowest BCUT2D eigenvalue weighted by Crippen LogP contribution is -2.49. The molecule has 1 amide bonds. The summed E-state index contributed by atoms with van der Waals surface area (Å²) in [7, 11) is -3.95. The van der Waals surface area contributed by atoms with Gasteiger partial charge in [-0.25, -0.2) is 12.8 Å². The van der Waals surface area contributed by atoms with E-state index in [9.17, 15) is 17.6 Å². The lowest BCUT2D eigenvalue weighted by Gasteiger charge is -2.32. The first-order chi connectivity index (χ1) is 14.3. The molecular formula is C21H26FN3O4S. The molecule has 4 rings (SSSR count). The van der Waals surface area contributed by atoms with Crippen LogP contribution in [-0.4, -0.2) is 41.9 Å². The Hall–Kier alpha value is -2.26. The molecule has 3 heterocycles. The molecule has 1 aromatic carbocycles. The Morgan fingerprint density at radius 3 is 2.73 bits per heavy atom. The summed E-state index contributed by atoms with van der Waals surface area (Å²) in [4.78, 5) is 12.3. The van der Waals surface area contributed by atoms with E-state index in [2.05, 4.69) is 10.5 Å². The van der Waals surface area contributed by atoms with Crippen LogP contribution in [0.25, 0.3) is 0 Å². The Kier molecular flexibility index (Phi) is 5.67. The van der Waals surface area contributed by atoms with Crippen molar-refractivity contribution in [3.63, 3.8) is 0 Å². The van der Waals surface area contributed by atoms with Crippen molar-refractivity contribution < 1.29 is 22.1 Å². The zero-order valence-electron chi connectivity index (χ0n) is 17.1. The van der Waals surface area contributed by atoms with Gasteiger partial charge in [-0.1, -0.05) is 29.8 Å².